The molecule has 2 aliphatic rings. The van der Waals surface area contributed by atoms with E-state index in [2.05, 4.69) is 9.80 Å². The summed E-state index contributed by atoms with van der Waals surface area (Å²) in [5.74, 6) is 0. The number of aliphatic hydroxyl groups is 2. The van der Waals surface area contributed by atoms with Gasteiger partial charge in [0.2, 0.25) is 10.0 Å². The van der Waals surface area contributed by atoms with E-state index < -0.39 is 21.7 Å². The second kappa shape index (κ2) is 6.70. The molecule has 1 aromatic rings. The van der Waals surface area contributed by atoms with Crippen LogP contribution in [-0.2, 0) is 10.0 Å². The lowest BCUT2D eigenvalue weighted by atomic mass is 9.99. The number of hydrogen-bond acceptors (Lipinski definition) is 6. The molecular formula is C16H25N3O4S. The first-order valence-corrected chi connectivity index (χ1v) is 9.62. The molecule has 2 saturated heterocycles. The highest BCUT2D eigenvalue weighted by molar-refractivity contribution is 7.89. The summed E-state index contributed by atoms with van der Waals surface area (Å²) in [6.07, 6.45) is -1.09. The Morgan fingerprint density at radius 2 is 1.79 bits per heavy atom. The van der Waals surface area contributed by atoms with Gasteiger partial charge in [-0.2, -0.15) is 4.31 Å². The topological polar surface area (TPSA) is 84.3 Å². The van der Waals surface area contributed by atoms with Gasteiger partial charge < -0.3 is 15.1 Å². The molecule has 0 amide bonds. The second-order valence-corrected chi connectivity index (χ2v) is 8.75. The number of aliphatic hydroxyl groups excluding tert-OH is 1. The average molecular weight is 355 g/mol. The minimum atomic E-state index is -3.71. The van der Waals surface area contributed by atoms with Gasteiger partial charge in [0, 0.05) is 45.8 Å². The van der Waals surface area contributed by atoms with Crippen LogP contribution in [0.1, 0.15) is 0 Å². The van der Waals surface area contributed by atoms with E-state index in [-0.39, 0.29) is 24.5 Å². The van der Waals surface area contributed by atoms with E-state index in [0.29, 0.717) is 0 Å². The minimum absolute atomic E-state index is 0.0819. The highest BCUT2D eigenvalue weighted by Crippen LogP contribution is 2.28. The summed E-state index contributed by atoms with van der Waals surface area (Å²) in [5.41, 5.74) is -1.43. The molecule has 3 rings (SSSR count). The number of β-amino-alcohol motifs (C(OH)–C–C–N with tert-alkyl or cyclic N) is 2. The first kappa shape index (κ1) is 17.8. The lowest BCUT2D eigenvalue weighted by molar-refractivity contribution is -0.0658. The lowest BCUT2D eigenvalue weighted by Crippen LogP contribution is -2.55. The zero-order valence-electron chi connectivity index (χ0n) is 13.9. The Bertz CT molecular complexity index is 661. The predicted molar refractivity (Wildman–Crippen MR) is 90.1 cm³/mol. The number of hydrogen-bond donors (Lipinski definition) is 2. The SMILES string of the molecule is CN1CCN(C[C@]2(O)CN(S(=O)(=O)c3ccccc3)C[C@H]2O)CC1. The number of benzene rings is 1. The van der Waals surface area contributed by atoms with E-state index in [1.165, 1.54) is 16.4 Å². The Hall–Kier alpha value is -1.03. The van der Waals surface area contributed by atoms with E-state index in [9.17, 15) is 18.6 Å². The van der Waals surface area contributed by atoms with Crippen LogP contribution in [0.2, 0.25) is 0 Å². The molecule has 24 heavy (non-hydrogen) atoms. The number of rotatable bonds is 4. The molecule has 2 aliphatic heterocycles. The number of nitrogens with zero attached hydrogens (tertiary/aromatic N) is 3. The normalized spacial score (nSPS) is 30.7. The van der Waals surface area contributed by atoms with Crippen molar-refractivity contribution in [3.63, 3.8) is 0 Å². The molecule has 0 unspecified atom stereocenters. The monoisotopic (exact) mass is 355 g/mol. The molecule has 2 atom stereocenters. The molecule has 134 valence electrons. The molecule has 1 aromatic carbocycles. The van der Waals surface area contributed by atoms with Crippen molar-refractivity contribution in [2.75, 3.05) is 52.9 Å². The van der Waals surface area contributed by atoms with Crippen LogP contribution in [0, 0.1) is 0 Å². The molecule has 0 saturated carbocycles. The number of piperazine rings is 1. The van der Waals surface area contributed by atoms with Crippen LogP contribution >= 0.6 is 0 Å². The number of sulfonamides is 1. The van der Waals surface area contributed by atoms with Gasteiger partial charge in [-0.25, -0.2) is 8.42 Å². The first-order valence-electron chi connectivity index (χ1n) is 8.18. The van der Waals surface area contributed by atoms with E-state index in [0.717, 1.165) is 26.2 Å². The maximum Gasteiger partial charge on any atom is 0.243 e. The molecule has 0 spiro atoms. The van der Waals surface area contributed by atoms with Gasteiger partial charge in [-0.3, -0.25) is 4.90 Å². The molecule has 2 N–H and O–H groups in total. The van der Waals surface area contributed by atoms with Crippen molar-refractivity contribution < 1.29 is 18.6 Å². The van der Waals surface area contributed by atoms with Crippen molar-refractivity contribution in [3.8, 4) is 0 Å². The fourth-order valence-corrected chi connectivity index (χ4v) is 4.84. The smallest absolute Gasteiger partial charge is 0.243 e. The molecule has 0 aromatic heterocycles. The van der Waals surface area contributed by atoms with Crippen molar-refractivity contribution in [2.24, 2.45) is 0 Å². The third kappa shape index (κ3) is 3.49. The van der Waals surface area contributed by atoms with Crippen LogP contribution in [0.4, 0.5) is 0 Å². The van der Waals surface area contributed by atoms with Crippen LogP contribution < -0.4 is 0 Å². The van der Waals surface area contributed by atoms with Crippen molar-refractivity contribution in [2.45, 2.75) is 16.6 Å². The minimum Gasteiger partial charge on any atom is -0.389 e. The van der Waals surface area contributed by atoms with E-state index in [4.69, 9.17) is 0 Å². The summed E-state index contributed by atoms with van der Waals surface area (Å²) in [7, 11) is -1.66. The maximum atomic E-state index is 12.7. The van der Waals surface area contributed by atoms with Gasteiger partial charge >= 0.3 is 0 Å². The van der Waals surface area contributed by atoms with Crippen molar-refractivity contribution in [1.82, 2.24) is 14.1 Å². The van der Waals surface area contributed by atoms with Crippen molar-refractivity contribution >= 4 is 10.0 Å². The molecule has 2 fully saturated rings. The Morgan fingerprint density at radius 1 is 1.17 bits per heavy atom. The maximum absolute atomic E-state index is 12.7. The summed E-state index contributed by atoms with van der Waals surface area (Å²) in [5, 5.41) is 21.2. The quantitative estimate of drug-likeness (QED) is 0.723. The van der Waals surface area contributed by atoms with Crippen molar-refractivity contribution in [3.05, 3.63) is 30.3 Å². The van der Waals surface area contributed by atoms with Crippen LogP contribution in [0.5, 0.6) is 0 Å². The van der Waals surface area contributed by atoms with Gasteiger partial charge in [0.25, 0.3) is 0 Å². The fraction of sp³-hybridized carbons (Fsp3) is 0.625. The molecule has 8 heteroatoms. The molecule has 7 nitrogen and oxygen atoms in total. The summed E-state index contributed by atoms with van der Waals surface area (Å²) in [6, 6.07) is 8.13. The van der Waals surface area contributed by atoms with Crippen LogP contribution in [0.3, 0.4) is 0 Å². The molecule has 0 bridgehead atoms. The highest BCUT2D eigenvalue weighted by atomic mass is 32.2. The Balaban J connectivity index is 1.72. The lowest BCUT2D eigenvalue weighted by Gasteiger charge is -2.37. The first-order chi connectivity index (χ1) is 11.3. The highest BCUT2D eigenvalue weighted by Gasteiger charge is 2.49. The summed E-state index contributed by atoms with van der Waals surface area (Å²) >= 11 is 0. The molecule has 0 radical (unpaired) electrons. The van der Waals surface area contributed by atoms with Gasteiger partial charge in [0.05, 0.1) is 11.0 Å². The largest absolute Gasteiger partial charge is 0.389 e. The van der Waals surface area contributed by atoms with Crippen LogP contribution in [0.25, 0.3) is 0 Å². The average Bonchev–Trinajstić information content (AvgIpc) is 2.86. The third-order valence-corrected chi connectivity index (χ3v) is 6.75. The van der Waals surface area contributed by atoms with Crippen molar-refractivity contribution in [1.29, 1.82) is 0 Å². The third-order valence-electron chi connectivity index (χ3n) is 4.92. The standard InChI is InChI=1S/C16H25N3O4S/c1-17-7-9-18(10-8-17)12-16(21)13-19(11-15(16)20)24(22,23)14-5-3-2-4-6-14/h2-6,15,20-21H,7-13H2,1H3/t15-,16+/m1/s1. The van der Waals surface area contributed by atoms with Crippen LogP contribution in [0.15, 0.2) is 35.2 Å². The molecule has 2 heterocycles. The van der Waals surface area contributed by atoms with Gasteiger partial charge in [0.1, 0.15) is 5.60 Å². The fourth-order valence-electron chi connectivity index (χ4n) is 3.31. The second-order valence-electron chi connectivity index (χ2n) is 6.81. The zero-order valence-corrected chi connectivity index (χ0v) is 14.7. The van der Waals surface area contributed by atoms with E-state index >= 15 is 0 Å². The van der Waals surface area contributed by atoms with Crippen LogP contribution in [-0.4, -0.2) is 97.3 Å². The van der Waals surface area contributed by atoms with Gasteiger partial charge in [-0.15, -0.1) is 0 Å². The summed E-state index contributed by atoms with van der Waals surface area (Å²) in [4.78, 5) is 4.47. The summed E-state index contributed by atoms with van der Waals surface area (Å²) in [6.45, 7) is 3.52. The van der Waals surface area contributed by atoms with E-state index in [1.807, 2.05) is 7.05 Å². The zero-order chi connectivity index (χ0) is 17.4. The Kier molecular flexibility index (Phi) is 4.96. The molecular weight excluding hydrogens is 330 g/mol. The van der Waals surface area contributed by atoms with E-state index in [1.54, 1.807) is 18.2 Å². The summed E-state index contributed by atoms with van der Waals surface area (Å²) < 4.78 is 26.6. The Labute approximate surface area is 143 Å². The predicted octanol–water partition coefficient (Wildman–Crippen LogP) is -0.970. The van der Waals surface area contributed by atoms with Gasteiger partial charge in [-0.1, -0.05) is 18.2 Å². The van der Waals surface area contributed by atoms with Gasteiger partial charge in [-0.05, 0) is 19.2 Å². The Morgan fingerprint density at radius 3 is 2.42 bits per heavy atom. The van der Waals surface area contributed by atoms with Gasteiger partial charge in [0.15, 0.2) is 0 Å². The molecule has 0 aliphatic carbocycles. The number of likely N-dealkylation sites (N-methyl/N-ethyl adjacent to an activating group) is 1.